The van der Waals surface area contributed by atoms with Crippen molar-refractivity contribution in [2.24, 2.45) is 5.10 Å². The minimum absolute atomic E-state index is 0.339. The van der Waals surface area contributed by atoms with Gasteiger partial charge in [0.1, 0.15) is 0 Å². The molecule has 3 N–H and O–H groups in total. The van der Waals surface area contributed by atoms with Gasteiger partial charge in [-0.1, -0.05) is 34.1 Å². The van der Waals surface area contributed by atoms with Crippen molar-refractivity contribution in [3.8, 4) is 0 Å². The van der Waals surface area contributed by atoms with E-state index in [0.29, 0.717) is 11.3 Å². The summed E-state index contributed by atoms with van der Waals surface area (Å²) in [6.07, 6.45) is 1.61. The third-order valence-corrected chi connectivity index (χ3v) is 3.66. The molecule has 0 aliphatic rings. The van der Waals surface area contributed by atoms with E-state index < -0.39 is 0 Å². The van der Waals surface area contributed by atoms with Crippen LogP contribution in [0.4, 0.5) is 5.69 Å². The second-order valence-electron chi connectivity index (χ2n) is 4.77. The van der Waals surface area contributed by atoms with Gasteiger partial charge in [-0.2, -0.15) is 5.10 Å². The maximum Gasteiger partial charge on any atom is 0.273 e. The Bertz CT molecular complexity index is 711. The molecule has 2 aromatic carbocycles. The molecule has 0 unspecified atom stereocenters. The van der Waals surface area contributed by atoms with Crippen molar-refractivity contribution in [1.29, 1.82) is 0 Å². The van der Waals surface area contributed by atoms with E-state index in [1.165, 1.54) is 11.1 Å². The normalized spacial score (nSPS) is 10.8. The molecule has 0 fully saturated rings. The first kappa shape index (κ1) is 15.3. The van der Waals surface area contributed by atoms with Gasteiger partial charge >= 0.3 is 0 Å². The van der Waals surface area contributed by atoms with E-state index in [1.54, 1.807) is 24.4 Å². The molecule has 4 nitrogen and oxygen atoms in total. The number of aryl methyl sites for hydroxylation is 2. The summed E-state index contributed by atoms with van der Waals surface area (Å²) in [6.45, 7) is 4.08. The van der Waals surface area contributed by atoms with E-state index in [0.717, 1.165) is 10.0 Å². The number of benzene rings is 2. The molecule has 0 spiro atoms. The maximum atomic E-state index is 12.0. The van der Waals surface area contributed by atoms with E-state index in [4.69, 9.17) is 5.73 Å². The maximum absolute atomic E-state index is 12.0. The zero-order chi connectivity index (χ0) is 15.4. The lowest BCUT2D eigenvalue weighted by atomic mass is 10.1. The molecule has 0 saturated heterocycles. The van der Waals surface area contributed by atoms with E-state index in [-0.39, 0.29) is 5.91 Å². The molecule has 0 radical (unpaired) electrons. The Morgan fingerprint density at radius 1 is 1.19 bits per heavy atom. The van der Waals surface area contributed by atoms with Gasteiger partial charge in [-0.15, -0.1) is 0 Å². The Labute approximate surface area is 132 Å². The summed E-state index contributed by atoms with van der Waals surface area (Å²) in [4.78, 5) is 12.0. The fraction of sp³-hybridized carbons (Fsp3) is 0.125. The molecule has 21 heavy (non-hydrogen) atoms. The first-order chi connectivity index (χ1) is 9.97. The standard InChI is InChI=1S/C16H16BrN3O/c1-10-3-4-12(7-11(10)2)9-19-20-16(21)14-8-13(17)5-6-15(14)18/h3-9H,18H2,1-2H3,(H,20,21). The van der Waals surface area contributed by atoms with Gasteiger partial charge in [-0.05, 0) is 48.7 Å². The van der Waals surface area contributed by atoms with Crippen LogP contribution < -0.4 is 11.2 Å². The number of rotatable bonds is 3. The Morgan fingerprint density at radius 2 is 1.95 bits per heavy atom. The molecule has 108 valence electrons. The number of nitrogens with two attached hydrogens (primary N) is 1. The van der Waals surface area contributed by atoms with Crippen molar-refractivity contribution in [2.75, 3.05) is 5.73 Å². The summed E-state index contributed by atoms with van der Waals surface area (Å²) in [5.41, 5.74) is 12.4. The molecule has 0 atom stereocenters. The number of halogens is 1. The van der Waals surface area contributed by atoms with Crippen molar-refractivity contribution >= 4 is 33.7 Å². The van der Waals surface area contributed by atoms with Crippen molar-refractivity contribution in [3.63, 3.8) is 0 Å². The summed E-state index contributed by atoms with van der Waals surface area (Å²) in [6, 6.07) is 11.1. The van der Waals surface area contributed by atoms with Crippen LogP contribution in [0.15, 0.2) is 46.0 Å². The van der Waals surface area contributed by atoms with Crippen LogP contribution in [0.25, 0.3) is 0 Å². The van der Waals surface area contributed by atoms with Crippen LogP contribution in [0, 0.1) is 13.8 Å². The smallest absolute Gasteiger partial charge is 0.273 e. The molecule has 0 aliphatic carbocycles. The number of hydrazone groups is 1. The highest BCUT2D eigenvalue weighted by atomic mass is 79.9. The van der Waals surface area contributed by atoms with Gasteiger partial charge in [-0.25, -0.2) is 5.43 Å². The molecular formula is C16H16BrN3O. The molecule has 2 aromatic rings. The highest BCUT2D eigenvalue weighted by Crippen LogP contribution is 2.18. The number of nitrogen functional groups attached to an aromatic ring is 1. The number of anilines is 1. The molecule has 0 aromatic heterocycles. The summed E-state index contributed by atoms with van der Waals surface area (Å²) < 4.78 is 0.792. The van der Waals surface area contributed by atoms with Gasteiger partial charge < -0.3 is 5.73 Å². The monoisotopic (exact) mass is 345 g/mol. The van der Waals surface area contributed by atoms with Crippen LogP contribution in [-0.2, 0) is 0 Å². The van der Waals surface area contributed by atoms with Crippen LogP contribution in [0.5, 0.6) is 0 Å². The number of hydrogen-bond donors (Lipinski definition) is 2. The van der Waals surface area contributed by atoms with Crippen molar-refractivity contribution in [2.45, 2.75) is 13.8 Å². The molecule has 2 rings (SSSR count). The molecule has 5 heteroatoms. The highest BCUT2D eigenvalue weighted by molar-refractivity contribution is 9.10. The van der Waals surface area contributed by atoms with Crippen LogP contribution in [0.2, 0.25) is 0 Å². The minimum atomic E-state index is -0.339. The molecule has 0 bridgehead atoms. The first-order valence-electron chi connectivity index (χ1n) is 6.43. The van der Waals surface area contributed by atoms with Crippen LogP contribution in [0.1, 0.15) is 27.0 Å². The van der Waals surface area contributed by atoms with Crippen molar-refractivity contribution in [1.82, 2.24) is 5.43 Å². The Morgan fingerprint density at radius 3 is 2.67 bits per heavy atom. The SMILES string of the molecule is Cc1ccc(C=NNC(=O)c2cc(Br)ccc2N)cc1C. The van der Waals surface area contributed by atoms with Gasteiger partial charge in [0.25, 0.3) is 5.91 Å². The summed E-state index contributed by atoms with van der Waals surface area (Å²) in [7, 11) is 0. The lowest BCUT2D eigenvalue weighted by Gasteiger charge is -2.04. The average molecular weight is 346 g/mol. The summed E-state index contributed by atoms with van der Waals surface area (Å²) in [5.74, 6) is -0.339. The average Bonchev–Trinajstić information content (AvgIpc) is 2.45. The fourth-order valence-electron chi connectivity index (χ4n) is 1.80. The Hall–Kier alpha value is -2.14. The fourth-order valence-corrected chi connectivity index (χ4v) is 2.16. The van der Waals surface area contributed by atoms with E-state index in [1.807, 2.05) is 32.0 Å². The van der Waals surface area contributed by atoms with Gasteiger partial charge in [0.05, 0.1) is 11.8 Å². The quantitative estimate of drug-likeness (QED) is 0.508. The molecule has 0 heterocycles. The second kappa shape index (κ2) is 6.54. The van der Waals surface area contributed by atoms with Crippen LogP contribution in [0.3, 0.4) is 0 Å². The molecule has 0 aliphatic heterocycles. The number of nitrogens with zero attached hydrogens (tertiary/aromatic N) is 1. The van der Waals surface area contributed by atoms with Gasteiger partial charge in [0.2, 0.25) is 0 Å². The predicted octanol–water partition coefficient (Wildman–Crippen LogP) is 3.41. The lowest BCUT2D eigenvalue weighted by Crippen LogP contribution is -2.19. The van der Waals surface area contributed by atoms with Gasteiger partial charge in [0, 0.05) is 10.2 Å². The zero-order valence-corrected chi connectivity index (χ0v) is 13.4. The number of nitrogens with one attached hydrogen (secondary N) is 1. The lowest BCUT2D eigenvalue weighted by molar-refractivity contribution is 0.0956. The number of carbonyl (C=O) groups excluding carboxylic acids is 1. The molecule has 1 amide bonds. The first-order valence-corrected chi connectivity index (χ1v) is 7.22. The van der Waals surface area contributed by atoms with E-state index in [9.17, 15) is 4.79 Å². The van der Waals surface area contributed by atoms with Gasteiger partial charge in [0.15, 0.2) is 0 Å². The van der Waals surface area contributed by atoms with Crippen molar-refractivity contribution < 1.29 is 4.79 Å². The van der Waals surface area contributed by atoms with E-state index in [2.05, 4.69) is 26.5 Å². The second-order valence-corrected chi connectivity index (χ2v) is 5.69. The van der Waals surface area contributed by atoms with E-state index >= 15 is 0 Å². The molecule has 0 saturated carbocycles. The summed E-state index contributed by atoms with van der Waals surface area (Å²) >= 11 is 3.31. The minimum Gasteiger partial charge on any atom is -0.398 e. The zero-order valence-electron chi connectivity index (χ0n) is 11.9. The number of carbonyl (C=O) groups is 1. The third-order valence-electron chi connectivity index (χ3n) is 3.17. The molecular weight excluding hydrogens is 330 g/mol. The number of amides is 1. The van der Waals surface area contributed by atoms with Crippen molar-refractivity contribution in [3.05, 3.63) is 63.1 Å². The summed E-state index contributed by atoms with van der Waals surface area (Å²) in [5, 5.41) is 3.96. The highest BCUT2D eigenvalue weighted by Gasteiger charge is 2.08. The van der Waals surface area contributed by atoms with Crippen LogP contribution in [-0.4, -0.2) is 12.1 Å². The third kappa shape index (κ3) is 3.92. The largest absolute Gasteiger partial charge is 0.398 e. The Balaban J connectivity index is 2.08. The van der Waals surface area contributed by atoms with Crippen LogP contribution >= 0.6 is 15.9 Å². The Kier molecular flexibility index (Phi) is 4.75. The number of hydrogen-bond acceptors (Lipinski definition) is 3. The topological polar surface area (TPSA) is 67.5 Å². The van der Waals surface area contributed by atoms with Gasteiger partial charge in [-0.3, -0.25) is 4.79 Å². The predicted molar refractivity (Wildman–Crippen MR) is 89.5 cm³/mol.